The van der Waals surface area contributed by atoms with Crippen molar-refractivity contribution in [2.24, 2.45) is 0 Å². The van der Waals surface area contributed by atoms with Crippen molar-refractivity contribution in [2.45, 2.75) is 78.1 Å². The van der Waals surface area contributed by atoms with E-state index < -0.39 is 24.3 Å². The van der Waals surface area contributed by atoms with Crippen molar-refractivity contribution in [3.8, 4) is 0 Å². The van der Waals surface area contributed by atoms with Gasteiger partial charge in [-0.05, 0) is 34.3 Å². The number of hydrogen-bond donors (Lipinski definition) is 0. The average molecular weight is 612 g/mol. The van der Waals surface area contributed by atoms with E-state index in [1.807, 2.05) is 0 Å². The molecule has 1 heterocycles. The summed E-state index contributed by atoms with van der Waals surface area (Å²) < 4.78 is 17.3. The SMILES string of the molecule is CC[C@H](c1ccccc1)N([C@H](CC)c1ccccc1)p1oc2c([Si](C)(C)C)cccc2c2cccc([Si](C)(C)C)c2o1. The Balaban J connectivity index is 1.96. The number of benzene rings is 4. The van der Waals surface area contributed by atoms with Crippen LogP contribution in [-0.4, -0.2) is 16.1 Å². The Morgan fingerprint density at radius 1 is 0.548 bits per heavy atom. The molecule has 0 saturated heterocycles. The second-order valence-electron chi connectivity index (χ2n) is 13.3. The predicted molar refractivity (Wildman–Crippen MR) is 189 cm³/mol. The van der Waals surface area contributed by atoms with E-state index in [-0.39, 0.29) is 12.1 Å². The number of hydrogen-bond acceptors (Lipinski definition) is 3. The molecule has 42 heavy (non-hydrogen) atoms. The third-order valence-corrected chi connectivity index (χ3v) is 13.9. The van der Waals surface area contributed by atoms with Gasteiger partial charge in [-0.1, -0.05) is 150 Å². The van der Waals surface area contributed by atoms with Crippen LogP contribution in [-0.2, 0) is 0 Å². The monoisotopic (exact) mass is 611 g/mol. The van der Waals surface area contributed by atoms with E-state index in [1.165, 1.54) is 21.5 Å². The summed E-state index contributed by atoms with van der Waals surface area (Å²) in [6.45, 7) is 19.0. The molecule has 0 spiro atoms. The van der Waals surface area contributed by atoms with Gasteiger partial charge in [-0.15, -0.1) is 0 Å². The lowest BCUT2D eigenvalue weighted by atomic mass is 9.99. The van der Waals surface area contributed by atoms with Crippen molar-refractivity contribution in [1.82, 2.24) is 0 Å². The summed E-state index contributed by atoms with van der Waals surface area (Å²) in [4.78, 5) is 0. The van der Waals surface area contributed by atoms with E-state index in [2.05, 4.69) is 155 Å². The average Bonchev–Trinajstić information content (AvgIpc) is 3.14. The van der Waals surface area contributed by atoms with Crippen LogP contribution in [0.3, 0.4) is 0 Å². The number of nitrogens with zero attached hydrogens (tertiary/aromatic N) is 1. The lowest BCUT2D eigenvalue weighted by Crippen LogP contribution is -2.38. The van der Waals surface area contributed by atoms with Crippen molar-refractivity contribution in [1.29, 1.82) is 0 Å². The molecule has 4 aromatic carbocycles. The van der Waals surface area contributed by atoms with Gasteiger partial charge in [0.25, 0.3) is 0 Å². The maximum Gasteiger partial charge on any atom is 0.310 e. The molecule has 0 amide bonds. The first-order valence-corrected chi connectivity index (χ1v) is 23.5. The summed E-state index contributed by atoms with van der Waals surface area (Å²) in [5, 5.41) is 5.02. The molecule has 220 valence electrons. The largest absolute Gasteiger partial charge is 0.408 e. The van der Waals surface area contributed by atoms with Crippen LogP contribution < -0.4 is 15.0 Å². The van der Waals surface area contributed by atoms with Gasteiger partial charge < -0.3 is 8.39 Å². The highest BCUT2D eigenvalue weighted by molar-refractivity contribution is 7.39. The fraction of sp³-hybridized carbons (Fsp3) is 0.333. The Hall–Kier alpha value is -2.83. The van der Waals surface area contributed by atoms with Crippen LogP contribution in [0.15, 0.2) is 105 Å². The first-order chi connectivity index (χ1) is 20.0. The van der Waals surface area contributed by atoms with E-state index in [1.54, 1.807) is 0 Å². The molecule has 0 aliphatic heterocycles. The summed E-state index contributed by atoms with van der Waals surface area (Å²) in [6, 6.07) is 35.6. The maximum absolute atomic E-state index is 7.35. The number of fused-ring (bicyclic) bond motifs is 3. The zero-order chi connectivity index (χ0) is 30.1. The highest BCUT2D eigenvalue weighted by atomic mass is 31.1. The van der Waals surface area contributed by atoms with Crippen LogP contribution in [0.2, 0.25) is 39.3 Å². The molecule has 0 aliphatic carbocycles. The van der Waals surface area contributed by atoms with Gasteiger partial charge in [-0.3, -0.25) is 0 Å². The zero-order valence-electron chi connectivity index (χ0n) is 26.5. The third-order valence-electron chi connectivity index (χ3n) is 8.24. The lowest BCUT2D eigenvalue weighted by Gasteiger charge is -2.35. The molecular weight excluding hydrogens is 566 g/mol. The van der Waals surface area contributed by atoms with E-state index in [9.17, 15) is 0 Å². The van der Waals surface area contributed by atoms with E-state index in [0.717, 1.165) is 34.8 Å². The van der Waals surface area contributed by atoms with E-state index in [4.69, 9.17) is 8.39 Å². The van der Waals surface area contributed by atoms with Crippen molar-refractivity contribution < 1.29 is 8.39 Å². The van der Waals surface area contributed by atoms with Crippen molar-refractivity contribution in [3.05, 3.63) is 108 Å². The Kier molecular flexibility index (Phi) is 9.06. The van der Waals surface area contributed by atoms with Gasteiger partial charge in [-0.2, -0.15) is 4.67 Å². The highest BCUT2D eigenvalue weighted by Gasteiger charge is 2.34. The van der Waals surface area contributed by atoms with Gasteiger partial charge in [0.1, 0.15) is 11.2 Å². The smallest absolute Gasteiger partial charge is 0.310 e. The van der Waals surface area contributed by atoms with Gasteiger partial charge in [0.15, 0.2) is 0 Å². The van der Waals surface area contributed by atoms with Crippen LogP contribution in [0.25, 0.3) is 21.9 Å². The second kappa shape index (κ2) is 12.4. The van der Waals surface area contributed by atoms with Crippen LogP contribution in [0.1, 0.15) is 49.9 Å². The molecule has 0 unspecified atom stereocenters. The first kappa shape index (κ1) is 30.6. The summed E-state index contributed by atoms with van der Waals surface area (Å²) >= 11 is 0. The normalized spacial score (nSPS) is 13.9. The topological polar surface area (TPSA) is 29.5 Å². The molecule has 0 fully saturated rings. The maximum atomic E-state index is 7.35. The number of para-hydroxylation sites is 2. The summed E-state index contributed by atoms with van der Waals surface area (Å²) in [5.74, 6) is 0. The van der Waals surface area contributed by atoms with Crippen LogP contribution in [0.4, 0.5) is 0 Å². The minimum atomic E-state index is -1.75. The quantitative estimate of drug-likeness (QED) is 0.155. The molecule has 0 radical (unpaired) electrons. The Bertz CT molecular complexity index is 1560. The molecule has 0 aliphatic rings. The Morgan fingerprint density at radius 3 is 1.26 bits per heavy atom. The van der Waals surface area contributed by atoms with Crippen LogP contribution in [0, 0.1) is 0 Å². The van der Waals surface area contributed by atoms with Crippen molar-refractivity contribution >= 4 is 56.6 Å². The van der Waals surface area contributed by atoms with Crippen molar-refractivity contribution in [3.63, 3.8) is 0 Å². The Morgan fingerprint density at radius 2 is 0.929 bits per heavy atom. The molecule has 1 aromatic heterocycles. The molecule has 0 N–H and O–H groups in total. The van der Waals surface area contributed by atoms with Crippen molar-refractivity contribution in [2.75, 3.05) is 4.67 Å². The second-order valence-corrected chi connectivity index (χ2v) is 24.7. The van der Waals surface area contributed by atoms with Gasteiger partial charge in [0.2, 0.25) is 0 Å². The molecule has 6 heteroatoms. The fourth-order valence-corrected chi connectivity index (χ4v) is 11.2. The number of rotatable bonds is 9. The van der Waals surface area contributed by atoms with Crippen LogP contribution >= 0.6 is 8.16 Å². The van der Waals surface area contributed by atoms with Gasteiger partial charge >= 0.3 is 8.16 Å². The lowest BCUT2D eigenvalue weighted by molar-refractivity contribution is 0.504. The molecule has 0 bridgehead atoms. The van der Waals surface area contributed by atoms with E-state index in [0.29, 0.717) is 0 Å². The minimum Gasteiger partial charge on any atom is -0.408 e. The highest BCUT2D eigenvalue weighted by Crippen LogP contribution is 2.48. The first-order valence-electron chi connectivity index (χ1n) is 15.4. The molecule has 0 saturated carbocycles. The Labute approximate surface area is 255 Å². The summed E-state index contributed by atoms with van der Waals surface area (Å²) in [5.41, 5.74) is 4.63. The molecule has 3 nitrogen and oxygen atoms in total. The zero-order valence-corrected chi connectivity index (χ0v) is 29.4. The molecular formula is C36H46NO2PSi2. The van der Waals surface area contributed by atoms with Crippen LogP contribution in [0.5, 0.6) is 0 Å². The van der Waals surface area contributed by atoms with E-state index >= 15 is 0 Å². The summed E-state index contributed by atoms with van der Waals surface area (Å²) in [6.07, 6.45) is 1.90. The van der Waals surface area contributed by atoms with Gasteiger partial charge in [-0.25, -0.2) is 0 Å². The fourth-order valence-electron chi connectivity index (χ4n) is 6.09. The van der Waals surface area contributed by atoms with Gasteiger partial charge in [0, 0.05) is 22.9 Å². The molecule has 5 rings (SSSR count). The minimum absolute atomic E-state index is 0.130. The predicted octanol–water partition coefficient (Wildman–Crippen LogP) is 10.6. The third kappa shape index (κ3) is 6.12. The summed E-state index contributed by atoms with van der Waals surface area (Å²) in [7, 11) is -5.02. The molecule has 5 aromatic rings. The standard InChI is InChI=1S/C36H46NO2PSi2/c1-9-31(27-19-13-11-14-20-27)37(32(10-2)28-21-15-12-16-22-28)40-38-35-29(23-17-25-33(35)41(3,4)5)30-24-18-26-34(36(30)39-40)42(6,7)8/h11-26,31-32H,9-10H2,1-8H3/t31-,32-/m1/s1. The van der Waals surface area contributed by atoms with Gasteiger partial charge in [0.05, 0.1) is 16.1 Å². The molecule has 2 atom stereocenters.